The van der Waals surface area contributed by atoms with E-state index in [1.54, 1.807) is 5.38 Å². The van der Waals surface area contributed by atoms with Gasteiger partial charge in [0.05, 0.1) is 10.6 Å². The maximum atomic E-state index is 12.4. The number of thiazole rings is 1. The van der Waals surface area contributed by atoms with Crippen LogP contribution in [-0.4, -0.2) is 39.8 Å². The Balaban J connectivity index is 1.34. The fourth-order valence-corrected chi connectivity index (χ4v) is 5.39. The second-order valence-electron chi connectivity index (χ2n) is 7.04. The van der Waals surface area contributed by atoms with Crippen LogP contribution in [0.25, 0.3) is 11.4 Å². The molecule has 4 rings (SSSR count). The zero-order chi connectivity index (χ0) is 23.4. The molecule has 0 aliphatic rings. The highest BCUT2D eigenvalue weighted by Gasteiger charge is 2.16. The van der Waals surface area contributed by atoms with Crippen molar-refractivity contribution in [1.82, 2.24) is 19.7 Å². The van der Waals surface area contributed by atoms with Crippen LogP contribution in [0.5, 0.6) is 0 Å². The predicted molar refractivity (Wildman–Crippen MR) is 130 cm³/mol. The molecule has 0 radical (unpaired) electrons. The monoisotopic (exact) mass is 500 g/mol. The lowest BCUT2D eigenvalue weighted by Gasteiger charge is -2.08. The Kier molecular flexibility index (Phi) is 6.77. The van der Waals surface area contributed by atoms with Crippen molar-refractivity contribution in [3.63, 3.8) is 0 Å². The van der Waals surface area contributed by atoms with E-state index < -0.39 is 10.0 Å². The molecule has 2 aromatic carbocycles. The Morgan fingerprint density at radius 1 is 1.09 bits per heavy atom. The van der Waals surface area contributed by atoms with Crippen molar-refractivity contribution in [2.24, 2.45) is 7.05 Å². The summed E-state index contributed by atoms with van der Waals surface area (Å²) in [4.78, 5) is 16.4. The molecular weight excluding hydrogens is 480 g/mol. The molecule has 33 heavy (non-hydrogen) atoms. The summed E-state index contributed by atoms with van der Waals surface area (Å²) >= 11 is 2.46. The molecule has 170 valence electrons. The van der Waals surface area contributed by atoms with Crippen molar-refractivity contribution in [3.8, 4) is 11.4 Å². The Bertz CT molecular complexity index is 1350. The first-order chi connectivity index (χ1) is 15.8. The number of hydrogen-bond donors (Lipinski definition) is 2. The van der Waals surface area contributed by atoms with E-state index in [1.165, 1.54) is 53.6 Å². The molecule has 4 aromatic rings. The number of rotatable bonds is 8. The number of carbonyl (C=O) groups excluding carboxylic acids is 1. The van der Waals surface area contributed by atoms with E-state index in [1.807, 2.05) is 42.8 Å². The van der Waals surface area contributed by atoms with E-state index in [4.69, 9.17) is 0 Å². The van der Waals surface area contributed by atoms with Gasteiger partial charge in [-0.25, -0.2) is 13.4 Å². The lowest BCUT2D eigenvalue weighted by molar-refractivity contribution is -0.113. The summed E-state index contributed by atoms with van der Waals surface area (Å²) in [7, 11) is -1.88. The van der Waals surface area contributed by atoms with Crippen molar-refractivity contribution in [2.75, 3.05) is 15.8 Å². The summed E-state index contributed by atoms with van der Waals surface area (Å²) in [5, 5.41) is 13.8. The SMILES string of the molecule is Cc1ccc(-c2nnc(SCC(=O)Nc3ccc(S(=O)(=O)Nc4nccs4)cc3)n2C)cc1. The molecule has 12 heteroatoms. The number of aromatic nitrogens is 4. The number of nitrogens with one attached hydrogen (secondary N) is 2. The maximum Gasteiger partial charge on any atom is 0.263 e. The van der Waals surface area contributed by atoms with Crippen LogP contribution in [0, 0.1) is 6.92 Å². The van der Waals surface area contributed by atoms with Crippen LogP contribution in [0.15, 0.2) is 70.2 Å². The van der Waals surface area contributed by atoms with Crippen LogP contribution in [0.3, 0.4) is 0 Å². The largest absolute Gasteiger partial charge is 0.325 e. The van der Waals surface area contributed by atoms with E-state index in [0.29, 0.717) is 16.0 Å². The smallest absolute Gasteiger partial charge is 0.263 e. The van der Waals surface area contributed by atoms with Crippen molar-refractivity contribution >= 4 is 49.8 Å². The Hall–Kier alpha value is -3.22. The molecule has 1 amide bonds. The Labute approximate surface area is 199 Å². The average Bonchev–Trinajstić information content (AvgIpc) is 3.42. The van der Waals surface area contributed by atoms with Gasteiger partial charge in [-0.3, -0.25) is 9.52 Å². The maximum absolute atomic E-state index is 12.4. The van der Waals surface area contributed by atoms with Gasteiger partial charge in [0.2, 0.25) is 5.91 Å². The second kappa shape index (κ2) is 9.73. The first-order valence-corrected chi connectivity index (χ1v) is 13.1. The van der Waals surface area contributed by atoms with E-state index in [9.17, 15) is 13.2 Å². The minimum atomic E-state index is -3.74. The van der Waals surface area contributed by atoms with Gasteiger partial charge in [-0.2, -0.15) is 0 Å². The van der Waals surface area contributed by atoms with Crippen LogP contribution in [0.2, 0.25) is 0 Å². The van der Waals surface area contributed by atoms with Gasteiger partial charge in [-0.1, -0.05) is 41.6 Å². The normalized spacial score (nSPS) is 11.3. The number of anilines is 2. The van der Waals surface area contributed by atoms with Gasteiger partial charge in [0.15, 0.2) is 16.1 Å². The van der Waals surface area contributed by atoms with Gasteiger partial charge in [0.25, 0.3) is 10.0 Å². The molecule has 9 nitrogen and oxygen atoms in total. The van der Waals surface area contributed by atoms with E-state index in [-0.39, 0.29) is 16.6 Å². The number of sulfonamides is 1. The summed E-state index contributed by atoms with van der Waals surface area (Å²) in [6.07, 6.45) is 1.52. The third-order valence-corrected chi connectivity index (χ3v) is 7.77. The van der Waals surface area contributed by atoms with Crippen LogP contribution in [-0.2, 0) is 21.9 Å². The van der Waals surface area contributed by atoms with Gasteiger partial charge >= 0.3 is 0 Å². The number of carbonyl (C=O) groups is 1. The van der Waals surface area contributed by atoms with Gasteiger partial charge in [-0.15, -0.1) is 21.5 Å². The zero-order valence-corrected chi connectivity index (χ0v) is 20.2. The second-order valence-corrected chi connectivity index (χ2v) is 10.6. The van der Waals surface area contributed by atoms with Gasteiger partial charge in [0, 0.05) is 29.9 Å². The van der Waals surface area contributed by atoms with Gasteiger partial charge in [0.1, 0.15) is 0 Å². The fourth-order valence-electron chi connectivity index (χ4n) is 2.89. The number of aryl methyl sites for hydroxylation is 1. The summed E-state index contributed by atoms with van der Waals surface area (Å²) in [5.74, 6) is 0.614. The number of hydrogen-bond acceptors (Lipinski definition) is 8. The lowest BCUT2D eigenvalue weighted by atomic mass is 10.1. The molecule has 0 aliphatic heterocycles. The van der Waals surface area contributed by atoms with Crippen LogP contribution >= 0.6 is 23.1 Å². The quantitative estimate of drug-likeness (QED) is 0.353. The molecule has 0 saturated carbocycles. The molecule has 2 N–H and O–H groups in total. The molecule has 0 spiro atoms. The average molecular weight is 501 g/mol. The molecule has 0 aliphatic carbocycles. The standard InChI is InChI=1S/C21H20N6O3S3/c1-14-3-5-15(6-4-14)19-24-25-21(27(19)2)32-13-18(28)23-16-7-9-17(10-8-16)33(29,30)26-20-22-11-12-31-20/h3-12H,13H2,1-2H3,(H,22,26)(H,23,28). The topological polar surface area (TPSA) is 119 Å². The van der Waals surface area contributed by atoms with Crippen molar-refractivity contribution in [3.05, 3.63) is 65.7 Å². The van der Waals surface area contributed by atoms with E-state index in [2.05, 4.69) is 25.2 Å². The molecule has 0 atom stereocenters. The van der Waals surface area contributed by atoms with E-state index in [0.717, 1.165) is 17.0 Å². The van der Waals surface area contributed by atoms with Crippen LogP contribution in [0.4, 0.5) is 10.8 Å². The van der Waals surface area contributed by atoms with Crippen molar-refractivity contribution in [1.29, 1.82) is 0 Å². The summed E-state index contributed by atoms with van der Waals surface area (Å²) in [5.41, 5.74) is 2.60. The highest BCUT2D eigenvalue weighted by molar-refractivity contribution is 7.99. The first kappa shape index (κ1) is 23.0. The van der Waals surface area contributed by atoms with Crippen LogP contribution in [0.1, 0.15) is 5.56 Å². The minimum Gasteiger partial charge on any atom is -0.325 e. The Morgan fingerprint density at radius 2 is 1.82 bits per heavy atom. The fraction of sp³-hybridized carbons (Fsp3) is 0.143. The van der Waals surface area contributed by atoms with Gasteiger partial charge < -0.3 is 9.88 Å². The third kappa shape index (κ3) is 5.59. The number of amides is 1. The number of benzene rings is 2. The molecule has 2 heterocycles. The van der Waals surface area contributed by atoms with Gasteiger partial charge in [-0.05, 0) is 31.2 Å². The van der Waals surface area contributed by atoms with Crippen molar-refractivity contribution < 1.29 is 13.2 Å². The molecule has 2 aromatic heterocycles. The van der Waals surface area contributed by atoms with E-state index >= 15 is 0 Å². The molecular formula is C21H20N6O3S3. The summed E-state index contributed by atoms with van der Waals surface area (Å²) in [6, 6.07) is 13.9. The third-order valence-electron chi connectivity index (χ3n) is 4.58. The Morgan fingerprint density at radius 3 is 2.48 bits per heavy atom. The summed E-state index contributed by atoms with van der Waals surface area (Å²) in [6.45, 7) is 2.02. The van der Waals surface area contributed by atoms with Crippen LogP contribution < -0.4 is 10.0 Å². The zero-order valence-electron chi connectivity index (χ0n) is 17.7. The first-order valence-electron chi connectivity index (χ1n) is 9.73. The number of thioether (sulfide) groups is 1. The molecule has 0 fully saturated rings. The lowest BCUT2D eigenvalue weighted by Crippen LogP contribution is -2.15. The van der Waals surface area contributed by atoms with Crippen molar-refractivity contribution in [2.45, 2.75) is 17.0 Å². The highest BCUT2D eigenvalue weighted by atomic mass is 32.2. The molecule has 0 unspecified atom stereocenters. The molecule has 0 saturated heterocycles. The minimum absolute atomic E-state index is 0.0767. The molecule has 0 bridgehead atoms. The predicted octanol–water partition coefficient (Wildman–Crippen LogP) is 3.78. The number of nitrogens with zero attached hydrogens (tertiary/aromatic N) is 4. The summed E-state index contributed by atoms with van der Waals surface area (Å²) < 4.78 is 29.0. The highest BCUT2D eigenvalue weighted by Crippen LogP contribution is 2.24.